The van der Waals surface area contributed by atoms with Crippen LogP contribution < -0.4 is 10.1 Å². The summed E-state index contributed by atoms with van der Waals surface area (Å²) in [6, 6.07) is 14.1. The maximum absolute atomic E-state index is 12.5. The summed E-state index contributed by atoms with van der Waals surface area (Å²) in [6.07, 6.45) is 0.153. The van der Waals surface area contributed by atoms with Crippen molar-refractivity contribution in [1.82, 2.24) is 24.4 Å². The van der Waals surface area contributed by atoms with Gasteiger partial charge in [-0.2, -0.15) is 5.10 Å². The minimum atomic E-state index is -3.61. The smallest absolute Gasteiger partial charge is 0.242 e. The number of aromatic amines is 1. The van der Waals surface area contributed by atoms with E-state index >= 15 is 0 Å². The van der Waals surface area contributed by atoms with E-state index in [1.807, 2.05) is 31.2 Å². The average Bonchev–Trinajstić information content (AvgIpc) is 3.17. The van der Waals surface area contributed by atoms with Gasteiger partial charge < -0.3 is 10.1 Å². The number of aromatic nitrogens is 3. The lowest BCUT2D eigenvalue weighted by Crippen LogP contribution is -2.27. The molecule has 0 saturated carbocycles. The van der Waals surface area contributed by atoms with Crippen LogP contribution in [-0.4, -0.2) is 54.1 Å². The van der Waals surface area contributed by atoms with E-state index in [9.17, 15) is 13.2 Å². The average molecular weight is 490 g/mol. The number of carbonyl (C=O) groups excluding carboxylic acids is 1. The molecule has 0 spiro atoms. The molecule has 9 nitrogen and oxygen atoms in total. The first-order valence-corrected chi connectivity index (χ1v) is 12.2. The number of carbonyl (C=O) groups is 1. The zero-order valence-electron chi connectivity index (χ0n) is 18.7. The van der Waals surface area contributed by atoms with E-state index in [0.29, 0.717) is 29.3 Å². The minimum absolute atomic E-state index is 0.102. The Morgan fingerprint density at radius 3 is 2.55 bits per heavy atom. The first kappa shape index (κ1) is 24.6. The number of nitrogens with one attached hydrogen (secondary N) is 2. The van der Waals surface area contributed by atoms with Crippen molar-refractivity contribution in [1.29, 1.82) is 0 Å². The maximum Gasteiger partial charge on any atom is 0.242 e. The van der Waals surface area contributed by atoms with E-state index < -0.39 is 10.0 Å². The predicted octanol–water partition coefficient (Wildman–Crippen LogP) is 2.96. The van der Waals surface area contributed by atoms with E-state index in [1.54, 1.807) is 22.8 Å². The first-order valence-electron chi connectivity index (χ1n) is 10.4. The highest BCUT2D eigenvalue weighted by molar-refractivity contribution is 7.89. The highest BCUT2D eigenvalue weighted by Gasteiger charge is 2.21. The number of amides is 1. The van der Waals surface area contributed by atoms with Crippen molar-refractivity contribution in [2.24, 2.45) is 0 Å². The molecule has 0 aliphatic carbocycles. The molecule has 1 heterocycles. The Bertz CT molecular complexity index is 1260. The summed E-state index contributed by atoms with van der Waals surface area (Å²) in [7, 11) is -0.662. The second kappa shape index (κ2) is 10.7. The van der Waals surface area contributed by atoms with Gasteiger partial charge in [0.1, 0.15) is 5.75 Å². The Hall–Kier alpha value is -3.02. The molecule has 0 atom stereocenters. The molecule has 1 amide bonds. The second-order valence-corrected chi connectivity index (χ2v) is 9.89. The molecule has 0 unspecified atom stereocenters. The number of hydrogen-bond acceptors (Lipinski definition) is 6. The van der Waals surface area contributed by atoms with Crippen LogP contribution in [0.25, 0.3) is 11.4 Å². The highest BCUT2D eigenvalue weighted by atomic mass is 32.2. The topological polar surface area (TPSA) is 109 Å². The fourth-order valence-corrected chi connectivity index (χ4v) is 4.55. The third-order valence-electron chi connectivity index (χ3n) is 4.95. The third-order valence-corrected chi connectivity index (χ3v) is 7.18. The number of ether oxygens (including phenoxy) is 1. The Morgan fingerprint density at radius 1 is 1.18 bits per heavy atom. The van der Waals surface area contributed by atoms with Crippen molar-refractivity contribution in [3.63, 3.8) is 0 Å². The molecule has 11 heteroatoms. The summed E-state index contributed by atoms with van der Waals surface area (Å²) < 4.78 is 33.8. The summed E-state index contributed by atoms with van der Waals surface area (Å²) >= 11 is 5.33. The molecule has 3 aromatic rings. The lowest BCUT2D eigenvalue weighted by atomic mass is 10.2. The van der Waals surface area contributed by atoms with Crippen LogP contribution in [-0.2, 0) is 27.9 Å². The van der Waals surface area contributed by atoms with Gasteiger partial charge in [0.05, 0.1) is 11.5 Å². The molecular formula is C22H27N5O4S2. The van der Waals surface area contributed by atoms with Crippen LogP contribution >= 0.6 is 12.2 Å². The largest absolute Gasteiger partial charge is 0.494 e. The molecule has 0 radical (unpaired) electrons. The standard InChI is InChI=1S/C22H27N5O4S2/c1-4-31-18-11-9-16(10-12-18)21-24-25-22(32)27(21)14-13-20(28)23-15-17-7-5-6-8-19(17)33(29,30)26(2)3/h5-12H,4,13-15H2,1-3H3,(H,23,28)(H,25,32). The summed E-state index contributed by atoms with van der Waals surface area (Å²) in [5.41, 5.74) is 1.36. The number of hydrogen-bond donors (Lipinski definition) is 2. The van der Waals surface area contributed by atoms with Crippen molar-refractivity contribution in [3.8, 4) is 17.1 Å². The van der Waals surface area contributed by atoms with Crippen LogP contribution in [0.2, 0.25) is 0 Å². The van der Waals surface area contributed by atoms with Crippen LogP contribution in [0.15, 0.2) is 53.4 Å². The van der Waals surface area contributed by atoms with Crippen LogP contribution in [0.4, 0.5) is 0 Å². The van der Waals surface area contributed by atoms with E-state index in [4.69, 9.17) is 17.0 Å². The number of sulfonamides is 1. The van der Waals surface area contributed by atoms with Gasteiger partial charge in [0.25, 0.3) is 0 Å². The second-order valence-electron chi connectivity index (χ2n) is 7.38. The monoisotopic (exact) mass is 489 g/mol. The van der Waals surface area contributed by atoms with Crippen LogP contribution in [0.3, 0.4) is 0 Å². The number of H-pyrrole nitrogens is 1. The van der Waals surface area contributed by atoms with Crippen molar-refractivity contribution in [2.75, 3.05) is 20.7 Å². The van der Waals surface area contributed by atoms with E-state index in [1.165, 1.54) is 20.2 Å². The van der Waals surface area contributed by atoms with Gasteiger partial charge in [0.2, 0.25) is 15.9 Å². The van der Waals surface area contributed by atoms with Gasteiger partial charge in [-0.3, -0.25) is 14.5 Å². The van der Waals surface area contributed by atoms with E-state index in [0.717, 1.165) is 15.6 Å². The maximum atomic E-state index is 12.5. The summed E-state index contributed by atoms with van der Waals surface area (Å²) in [6.45, 7) is 2.93. The van der Waals surface area contributed by atoms with Gasteiger partial charge in [0.15, 0.2) is 10.6 Å². The predicted molar refractivity (Wildman–Crippen MR) is 128 cm³/mol. The molecule has 3 rings (SSSR count). The Balaban J connectivity index is 1.66. The first-order chi connectivity index (χ1) is 15.7. The minimum Gasteiger partial charge on any atom is -0.494 e. The Kier molecular flexibility index (Phi) is 8.01. The normalized spacial score (nSPS) is 11.5. The fraction of sp³-hybridized carbons (Fsp3) is 0.318. The Labute approximate surface area is 198 Å². The number of nitrogens with zero attached hydrogens (tertiary/aromatic N) is 3. The summed E-state index contributed by atoms with van der Waals surface area (Å²) in [5, 5.41) is 9.86. The molecule has 0 fully saturated rings. The van der Waals surface area contributed by atoms with E-state index in [2.05, 4.69) is 15.5 Å². The molecule has 0 bridgehead atoms. The summed E-state index contributed by atoms with van der Waals surface area (Å²) in [4.78, 5) is 12.7. The SMILES string of the molecule is CCOc1ccc(-c2n[nH]c(=S)n2CCC(=O)NCc2ccccc2S(=O)(=O)N(C)C)cc1. The molecule has 2 aromatic carbocycles. The molecule has 1 aromatic heterocycles. The van der Waals surface area contributed by atoms with Crippen LogP contribution in [0.1, 0.15) is 18.9 Å². The number of rotatable bonds is 10. The Morgan fingerprint density at radius 2 is 1.88 bits per heavy atom. The molecule has 0 saturated heterocycles. The van der Waals surface area contributed by atoms with Gasteiger partial charge in [-0.25, -0.2) is 12.7 Å². The molecule has 176 valence electrons. The molecule has 33 heavy (non-hydrogen) atoms. The molecule has 0 aliphatic rings. The van der Waals surface area contributed by atoms with Gasteiger partial charge in [-0.05, 0) is 55.0 Å². The van der Waals surface area contributed by atoms with Gasteiger partial charge in [-0.15, -0.1) is 0 Å². The van der Waals surface area contributed by atoms with Gasteiger partial charge in [0, 0.05) is 39.2 Å². The molecular weight excluding hydrogens is 462 g/mol. The van der Waals surface area contributed by atoms with E-state index in [-0.39, 0.29) is 23.8 Å². The van der Waals surface area contributed by atoms with Crippen molar-refractivity contribution in [2.45, 2.75) is 31.3 Å². The molecule has 0 aliphatic heterocycles. The summed E-state index contributed by atoms with van der Waals surface area (Å²) in [5.74, 6) is 1.16. The van der Waals surface area contributed by atoms with Crippen LogP contribution in [0, 0.1) is 4.77 Å². The zero-order valence-corrected chi connectivity index (χ0v) is 20.4. The number of benzene rings is 2. The lowest BCUT2D eigenvalue weighted by Gasteiger charge is -2.15. The van der Waals surface area contributed by atoms with Crippen molar-refractivity contribution in [3.05, 3.63) is 58.9 Å². The quantitative estimate of drug-likeness (QED) is 0.424. The lowest BCUT2D eigenvalue weighted by molar-refractivity contribution is -0.121. The van der Waals surface area contributed by atoms with Crippen molar-refractivity contribution >= 4 is 28.1 Å². The van der Waals surface area contributed by atoms with Gasteiger partial charge in [-0.1, -0.05) is 18.2 Å². The molecule has 2 N–H and O–H groups in total. The van der Waals surface area contributed by atoms with Crippen LogP contribution in [0.5, 0.6) is 5.75 Å². The third kappa shape index (κ3) is 5.86. The van der Waals surface area contributed by atoms with Crippen molar-refractivity contribution < 1.29 is 17.9 Å². The fourth-order valence-electron chi connectivity index (χ4n) is 3.21. The van der Waals surface area contributed by atoms with Gasteiger partial charge >= 0.3 is 0 Å². The zero-order chi connectivity index (χ0) is 24.0. The highest BCUT2D eigenvalue weighted by Crippen LogP contribution is 2.22.